The normalized spacial score (nSPS) is 25.9. The number of thioether (sulfide) groups is 1. The van der Waals surface area contributed by atoms with Crippen LogP contribution in [0.2, 0.25) is 0 Å². The van der Waals surface area contributed by atoms with Crippen molar-refractivity contribution in [1.29, 1.82) is 0 Å². The number of benzene rings is 1. The number of nitro groups is 1. The third-order valence-corrected chi connectivity index (χ3v) is 6.87. The van der Waals surface area contributed by atoms with Crippen LogP contribution in [0.25, 0.3) is 0 Å². The molecule has 0 N–H and O–H groups in total. The van der Waals surface area contributed by atoms with Gasteiger partial charge >= 0.3 is 0 Å². The Morgan fingerprint density at radius 2 is 2.07 bits per heavy atom. The maximum atomic E-state index is 12.0. The fourth-order valence-electron chi connectivity index (χ4n) is 4.42. The van der Waals surface area contributed by atoms with E-state index in [9.17, 15) is 10.1 Å². The molecule has 30 heavy (non-hydrogen) atoms. The molecule has 0 unspecified atom stereocenters. The number of fused-ring (bicyclic) bond motifs is 1. The van der Waals surface area contributed by atoms with Crippen molar-refractivity contribution in [3.05, 3.63) is 64.0 Å². The molecule has 1 aromatic carbocycles. The van der Waals surface area contributed by atoms with Gasteiger partial charge in [0.15, 0.2) is 5.17 Å². The summed E-state index contributed by atoms with van der Waals surface area (Å²) in [4.78, 5) is 25.5. The summed E-state index contributed by atoms with van der Waals surface area (Å²) in [5.74, 6) is 0. The van der Waals surface area contributed by atoms with Gasteiger partial charge in [-0.05, 0) is 23.8 Å². The Bertz CT molecular complexity index is 980. The van der Waals surface area contributed by atoms with E-state index in [2.05, 4.69) is 16.8 Å². The monoisotopic (exact) mass is 425 g/mol. The molecule has 4 heterocycles. The molecular weight excluding hydrogens is 402 g/mol. The van der Waals surface area contributed by atoms with Gasteiger partial charge in [0.1, 0.15) is 11.7 Å². The van der Waals surface area contributed by atoms with Crippen LogP contribution >= 0.6 is 11.8 Å². The van der Waals surface area contributed by atoms with E-state index >= 15 is 0 Å². The van der Waals surface area contributed by atoms with Gasteiger partial charge in [0.2, 0.25) is 0 Å². The minimum Gasteiger partial charge on any atom is -0.378 e. The topological polar surface area (TPSA) is 84.1 Å². The third-order valence-electron chi connectivity index (χ3n) is 5.77. The number of aromatic nitrogens is 1. The second-order valence-electron chi connectivity index (χ2n) is 7.74. The zero-order valence-electron chi connectivity index (χ0n) is 16.7. The number of nitrogens with zero attached hydrogens (tertiary/aromatic N) is 5. The lowest BCUT2D eigenvalue weighted by atomic mass is 9.95. The molecular formula is C21H23N5O3S. The number of nitro benzene ring substituents is 1. The molecule has 0 bridgehead atoms. The van der Waals surface area contributed by atoms with Crippen molar-refractivity contribution in [1.82, 2.24) is 9.88 Å². The van der Waals surface area contributed by atoms with Gasteiger partial charge in [0.25, 0.3) is 5.69 Å². The van der Waals surface area contributed by atoms with Gasteiger partial charge in [0.05, 0.1) is 29.9 Å². The van der Waals surface area contributed by atoms with Gasteiger partial charge in [-0.15, -0.1) is 0 Å². The standard InChI is InChI=1S/C21H23N5O3S/c1-14-13-25-20(19(23-21(25)30-14)16-4-2-3-7-22-16)15-5-6-17(18(12-15)26(27)28)24-8-10-29-11-9-24/h2-7,12,14,19-20H,8-11,13H2,1H3/t14-,19+,20-/m1/s1. The summed E-state index contributed by atoms with van der Waals surface area (Å²) < 4.78 is 5.40. The molecule has 2 fully saturated rings. The minimum absolute atomic E-state index is 0.0928. The second-order valence-corrected chi connectivity index (χ2v) is 9.15. The molecule has 9 heteroatoms. The van der Waals surface area contributed by atoms with E-state index in [1.165, 1.54) is 0 Å². The number of anilines is 1. The molecule has 0 amide bonds. The van der Waals surface area contributed by atoms with Crippen LogP contribution < -0.4 is 4.90 Å². The molecule has 0 aliphatic carbocycles. The first-order valence-corrected chi connectivity index (χ1v) is 11.0. The first kappa shape index (κ1) is 19.3. The van der Waals surface area contributed by atoms with E-state index in [-0.39, 0.29) is 22.7 Å². The van der Waals surface area contributed by atoms with Crippen molar-refractivity contribution in [2.24, 2.45) is 4.99 Å². The van der Waals surface area contributed by atoms with Crippen LogP contribution in [-0.4, -0.2) is 58.1 Å². The summed E-state index contributed by atoms with van der Waals surface area (Å²) in [6.45, 7) is 5.55. The Kier molecular flexibility index (Phi) is 5.08. The van der Waals surface area contributed by atoms with Crippen LogP contribution in [0.1, 0.15) is 30.3 Å². The van der Waals surface area contributed by atoms with Gasteiger partial charge < -0.3 is 14.5 Å². The maximum absolute atomic E-state index is 12.0. The zero-order valence-corrected chi connectivity index (χ0v) is 17.5. The highest BCUT2D eigenvalue weighted by atomic mass is 32.2. The average Bonchev–Trinajstić information content (AvgIpc) is 3.30. The number of pyridine rings is 1. The van der Waals surface area contributed by atoms with Crippen LogP contribution in [0.15, 0.2) is 47.6 Å². The van der Waals surface area contributed by atoms with Crippen molar-refractivity contribution in [2.75, 3.05) is 37.7 Å². The van der Waals surface area contributed by atoms with Crippen LogP contribution in [0, 0.1) is 10.1 Å². The van der Waals surface area contributed by atoms with Crippen molar-refractivity contribution in [3.8, 4) is 0 Å². The number of hydrogen-bond acceptors (Lipinski definition) is 8. The largest absolute Gasteiger partial charge is 0.378 e. The molecule has 2 aromatic rings. The summed E-state index contributed by atoms with van der Waals surface area (Å²) in [6, 6.07) is 11.2. The van der Waals surface area contributed by atoms with E-state index in [4.69, 9.17) is 9.73 Å². The molecule has 0 spiro atoms. The molecule has 5 rings (SSSR count). The average molecular weight is 426 g/mol. The molecule has 3 atom stereocenters. The lowest BCUT2D eigenvalue weighted by molar-refractivity contribution is -0.384. The highest BCUT2D eigenvalue weighted by molar-refractivity contribution is 8.14. The number of rotatable bonds is 4. The summed E-state index contributed by atoms with van der Waals surface area (Å²) in [6.07, 6.45) is 1.77. The highest BCUT2D eigenvalue weighted by Crippen LogP contribution is 2.48. The van der Waals surface area contributed by atoms with Gasteiger partial charge in [-0.3, -0.25) is 20.1 Å². The molecule has 8 nitrogen and oxygen atoms in total. The van der Waals surface area contributed by atoms with E-state index in [1.807, 2.05) is 35.2 Å². The minimum atomic E-state index is -0.276. The number of morpholine rings is 1. The number of amidine groups is 1. The molecule has 0 saturated carbocycles. The van der Waals surface area contributed by atoms with E-state index in [0.717, 1.165) is 23.0 Å². The summed E-state index contributed by atoms with van der Waals surface area (Å²) in [7, 11) is 0. The fraction of sp³-hybridized carbons (Fsp3) is 0.429. The lowest BCUT2D eigenvalue weighted by Crippen LogP contribution is -2.36. The molecule has 2 saturated heterocycles. The molecule has 156 valence electrons. The van der Waals surface area contributed by atoms with Crippen LogP contribution in [0.4, 0.5) is 11.4 Å². The van der Waals surface area contributed by atoms with Crippen LogP contribution in [0.5, 0.6) is 0 Å². The van der Waals surface area contributed by atoms with Crippen molar-refractivity contribution >= 4 is 28.3 Å². The van der Waals surface area contributed by atoms with Crippen LogP contribution in [0.3, 0.4) is 0 Å². The predicted octanol–water partition coefficient (Wildman–Crippen LogP) is 3.42. The molecule has 3 aliphatic rings. The molecule has 1 aromatic heterocycles. The van der Waals surface area contributed by atoms with Gasteiger partial charge in [-0.25, -0.2) is 0 Å². The van der Waals surface area contributed by atoms with Gasteiger partial charge in [-0.1, -0.05) is 30.8 Å². The number of hydrogen-bond donors (Lipinski definition) is 0. The third kappa shape index (κ3) is 3.41. The quantitative estimate of drug-likeness (QED) is 0.548. The van der Waals surface area contributed by atoms with E-state index < -0.39 is 0 Å². The number of aliphatic imine (C=N–C) groups is 1. The second kappa shape index (κ2) is 7.88. The Morgan fingerprint density at radius 1 is 1.23 bits per heavy atom. The first-order valence-electron chi connectivity index (χ1n) is 10.1. The fourth-order valence-corrected chi connectivity index (χ4v) is 5.51. The van der Waals surface area contributed by atoms with E-state index in [0.29, 0.717) is 37.2 Å². The molecule has 0 radical (unpaired) electrons. The Hall–Kier alpha value is -2.65. The van der Waals surface area contributed by atoms with Gasteiger partial charge in [0, 0.05) is 37.1 Å². The SMILES string of the molecule is C[C@@H]1CN2C(=N[C@@H](c3ccccn3)[C@H]2c2ccc(N3CCOCC3)c([N+](=O)[O-])c2)S1. The van der Waals surface area contributed by atoms with Gasteiger partial charge in [-0.2, -0.15) is 0 Å². The summed E-state index contributed by atoms with van der Waals surface area (Å²) >= 11 is 1.76. The summed E-state index contributed by atoms with van der Waals surface area (Å²) in [5.41, 5.74) is 2.59. The maximum Gasteiger partial charge on any atom is 0.292 e. The molecule has 3 aliphatic heterocycles. The lowest BCUT2D eigenvalue weighted by Gasteiger charge is -2.30. The smallest absolute Gasteiger partial charge is 0.292 e. The Labute approximate surface area is 179 Å². The van der Waals surface area contributed by atoms with Crippen molar-refractivity contribution < 1.29 is 9.66 Å². The zero-order chi connectivity index (χ0) is 20.7. The van der Waals surface area contributed by atoms with Crippen molar-refractivity contribution in [3.63, 3.8) is 0 Å². The highest BCUT2D eigenvalue weighted by Gasteiger charge is 2.44. The first-order chi connectivity index (χ1) is 14.6. The summed E-state index contributed by atoms with van der Waals surface area (Å²) in [5, 5.41) is 13.4. The Balaban J connectivity index is 1.55. The Morgan fingerprint density at radius 3 is 2.80 bits per heavy atom. The van der Waals surface area contributed by atoms with E-state index in [1.54, 1.807) is 24.0 Å². The predicted molar refractivity (Wildman–Crippen MR) is 117 cm³/mol. The number of ether oxygens (including phenoxy) is 1. The van der Waals surface area contributed by atoms with Crippen molar-refractivity contribution in [2.45, 2.75) is 24.3 Å². The van der Waals surface area contributed by atoms with Crippen LogP contribution in [-0.2, 0) is 4.74 Å².